The predicted octanol–water partition coefficient (Wildman–Crippen LogP) is 12.0. The molecule has 0 aromatic heterocycles. The first kappa shape index (κ1) is 44.7. The SMILES string of the molecule is CC[Si](CC)(CCCOCC(CCC(C)CC(C)(C)C)C(C)CC(C)(C)C)CCOC(=O)[C@@H](CC(=O)OCc1ccccc1)Cc1ccccc1. The number of rotatable bonds is 24. The highest BCUT2D eigenvalue weighted by atomic mass is 28.3. The average Bonchev–Trinajstić information content (AvgIpc) is 3.06. The molecular weight excluding hydrogens is 649 g/mol. The zero-order valence-electron chi connectivity index (χ0n) is 34.2. The summed E-state index contributed by atoms with van der Waals surface area (Å²) in [6, 6.07) is 23.9. The van der Waals surface area contributed by atoms with Gasteiger partial charge in [0.25, 0.3) is 0 Å². The molecule has 0 fully saturated rings. The standard InChI is InChI=1S/C45H74O5Si/c1-11-51(12-2,28-19-26-48-35-40(37(4)33-45(8,9)10)25-24-36(3)32-44(5,6)7)29-27-49-43(47)41(30-38-20-15-13-16-21-38)31-42(46)50-34-39-22-17-14-18-23-39/h13-18,20-23,36-37,40-41H,11-12,19,24-35H2,1-10H3/t36?,37?,40?,41-/m1/s1. The van der Waals surface area contributed by atoms with Crippen molar-refractivity contribution < 1.29 is 23.8 Å². The largest absolute Gasteiger partial charge is 0.466 e. The van der Waals surface area contributed by atoms with Crippen molar-refractivity contribution in [3.05, 3.63) is 71.8 Å². The van der Waals surface area contributed by atoms with Gasteiger partial charge < -0.3 is 14.2 Å². The molecule has 0 saturated heterocycles. The van der Waals surface area contributed by atoms with Crippen LogP contribution in [0.25, 0.3) is 0 Å². The van der Waals surface area contributed by atoms with E-state index in [0.717, 1.165) is 54.8 Å². The first-order valence-corrected chi connectivity index (χ1v) is 22.9. The molecule has 51 heavy (non-hydrogen) atoms. The lowest BCUT2D eigenvalue weighted by Gasteiger charge is -2.32. The Kier molecular flexibility index (Phi) is 19.8. The fourth-order valence-electron chi connectivity index (χ4n) is 7.80. The molecule has 3 unspecified atom stereocenters. The van der Waals surface area contributed by atoms with Gasteiger partial charge in [0.1, 0.15) is 6.61 Å². The quantitative estimate of drug-likeness (QED) is 0.0613. The highest BCUT2D eigenvalue weighted by Crippen LogP contribution is 2.34. The van der Waals surface area contributed by atoms with Gasteiger partial charge in [-0.2, -0.15) is 0 Å². The highest BCUT2D eigenvalue weighted by molar-refractivity contribution is 6.79. The molecule has 0 aliphatic carbocycles. The molecule has 0 heterocycles. The van der Waals surface area contributed by atoms with E-state index in [1.54, 1.807) is 0 Å². The normalized spacial score (nSPS) is 14.8. The minimum atomic E-state index is -1.63. The molecule has 0 aliphatic heterocycles. The Morgan fingerprint density at radius 1 is 0.725 bits per heavy atom. The number of carbonyl (C=O) groups is 2. The molecule has 0 saturated carbocycles. The van der Waals surface area contributed by atoms with Crippen LogP contribution in [0.1, 0.15) is 119 Å². The third kappa shape index (κ3) is 19.3. The second kappa shape index (κ2) is 22.6. The van der Waals surface area contributed by atoms with Gasteiger partial charge in [-0.25, -0.2) is 0 Å². The van der Waals surface area contributed by atoms with Crippen LogP contribution in [0, 0.1) is 34.5 Å². The van der Waals surface area contributed by atoms with E-state index in [9.17, 15) is 9.59 Å². The van der Waals surface area contributed by atoms with Gasteiger partial charge in [-0.1, -0.05) is 154 Å². The number of ether oxygens (including phenoxy) is 3. The maximum atomic E-state index is 13.5. The summed E-state index contributed by atoms with van der Waals surface area (Å²) in [6.45, 7) is 25.8. The Morgan fingerprint density at radius 2 is 1.31 bits per heavy atom. The van der Waals surface area contributed by atoms with E-state index < -0.39 is 14.0 Å². The van der Waals surface area contributed by atoms with Crippen LogP contribution in [-0.2, 0) is 36.8 Å². The molecular formula is C45H74O5Si. The third-order valence-electron chi connectivity index (χ3n) is 10.7. The number of esters is 2. The summed E-state index contributed by atoms with van der Waals surface area (Å²) >= 11 is 0. The van der Waals surface area contributed by atoms with Crippen LogP contribution in [0.2, 0.25) is 24.2 Å². The van der Waals surface area contributed by atoms with Crippen molar-refractivity contribution >= 4 is 20.0 Å². The van der Waals surface area contributed by atoms with Crippen LogP contribution < -0.4 is 0 Å². The number of hydrogen-bond acceptors (Lipinski definition) is 5. The van der Waals surface area contributed by atoms with Crippen molar-refractivity contribution in [2.75, 3.05) is 19.8 Å². The molecule has 5 nitrogen and oxygen atoms in total. The second-order valence-corrected chi connectivity index (χ2v) is 23.4. The van der Waals surface area contributed by atoms with Crippen molar-refractivity contribution in [2.24, 2.45) is 34.5 Å². The highest BCUT2D eigenvalue weighted by Gasteiger charge is 2.31. The first-order chi connectivity index (χ1) is 24.0. The van der Waals surface area contributed by atoms with Gasteiger partial charge in [-0.05, 0) is 77.9 Å². The van der Waals surface area contributed by atoms with Crippen molar-refractivity contribution in [1.82, 2.24) is 0 Å². The minimum Gasteiger partial charge on any atom is -0.466 e. The maximum absolute atomic E-state index is 13.5. The first-order valence-electron chi connectivity index (χ1n) is 20.0. The van der Waals surface area contributed by atoms with E-state index in [1.807, 2.05) is 60.7 Å². The van der Waals surface area contributed by atoms with Crippen molar-refractivity contribution in [3.63, 3.8) is 0 Å². The summed E-state index contributed by atoms with van der Waals surface area (Å²) in [7, 11) is -1.63. The van der Waals surface area contributed by atoms with Gasteiger partial charge in [0.2, 0.25) is 0 Å². The average molecular weight is 723 g/mol. The lowest BCUT2D eigenvalue weighted by atomic mass is 9.76. The number of hydrogen-bond donors (Lipinski definition) is 0. The van der Waals surface area contributed by atoms with Gasteiger partial charge in [0.15, 0.2) is 0 Å². The predicted molar refractivity (Wildman–Crippen MR) is 216 cm³/mol. The topological polar surface area (TPSA) is 61.8 Å². The van der Waals surface area contributed by atoms with Crippen LogP contribution in [0.5, 0.6) is 0 Å². The summed E-state index contributed by atoms with van der Waals surface area (Å²) in [5.41, 5.74) is 2.63. The summed E-state index contributed by atoms with van der Waals surface area (Å²) in [6.07, 6.45) is 6.50. The molecule has 0 N–H and O–H groups in total. The summed E-state index contributed by atoms with van der Waals surface area (Å²) < 4.78 is 18.0. The van der Waals surface area contributed by atoms with Crippen molar-refractivity contribution in [3.8, 4) is 0 Å². The van der Waals surface area contributed by atoms with Gasteiger partial charge in [0, 0.05) is 13.2 Å². The van der Waals surface area contributed by atoms with E-state index in [-0.39, 0.29) is 25.0 Å². The molecule has 4 atom stereocenters. The minimum absolute atomic E-state index is 0.00684. The zero-order chi connectivity index (χ0) is 37.9. The van der Waals surface area contributed by atoms with E-state index in [2.05, 4.69) is 69.2 Å². The molecule has 2 aromatic rings. The lowest BCUT2D eigenvalue weighted by molar-refractivity contribution is -0.155. The molecule has 0 aliphatic rings. The lowest BCUT2D eigenvalue weighted by Crippen LogP contribution is -2.35. The van der Waals surface area contributed by atoms with E-state index in [0.29, 0.717) is 35.7 Å². The molecule has 0 spiro atoms. The van der Waals surface area contributed by atoms with E-state index >= 15 is 0 Å². The Labute approximate surface area is 314 Å². The summed E-state index contributed by atoms with van der Waals surface area (Å²) in [5.74, 6) is 0.695. The molecule has 6 heteroatoms. The smallest absolute Gasteiger partial charge is 0.309 e. The maximum Gasteiger partial charge on any atom is 0.309 e. The molecule has 0 bridgehead atoms. The van der Waals surface area contributed by atoms with Gasteiger partial charge in [0.05, 0.1) is 27.0 Å². The summed E-state index contributed by atoms with van der Waals surface area (Å²) in [5, 5.41) is 0. The van der Waals surface area contributed by atoms with Gasteiger partial charge in [-0.15, -0.1) is 0 Å². The Balaban J connectivity index is 1.91. The van der Waals surface area contributed by atoms with Gasteiger partial charge in [-0.3, -0.25) is 9.59 Å². The van der Waals surface area contributed by atoms with E-state index in [1.165, 1.54) is 31.7 Å². The van der Waals surface area contributed by atoms with Crippen LogP contribution >= 0.6 is 0 Å². The Morgan fingerprint density at radius 3 is 1.88 bits per heavy atom. The van der Waals surface area contributed by atoms with Crippen molar-refractivity contribution in [1.29, 1.82) is 0 Å². The number of carbonyl (C=O) groups excluding carboxylic acids is 2. The van der Waals surface area contributed by atoms with Crippen LogP contribution in [-0.4, -0.2) is 39.8 Å². The van der Waals surface area contributed by atoms with Crippen LogP contribution in [0.4, 0.5) is 0 Å². The molecule has 2 aromatic carbocycles. The monoisotopic (exact) mass is 723 g/mol. The van der Waals surface area contributed by atoms with Crippen LogP contribution in [0.15, 0.2) is 60.7 Å². The second-order valence-electron chi connectivity index (χ2n) is 18.0. The zero-order valence-corrected chi connectivity index (χ0v) is 35.2. The summed E-state index contributed by atoms with van der Waals surface area (Å²) in [4.78, 5) is 26.3. The fourth-order valence-corrected chi connectivity index (χ4v) is 11.4. The fraction of sp³-hybridized carbons (Fsp3) is 0.689. The molecule has 0 radical (unpaired) electrons. The molecule has 2 rings (SSSR count). The third-order valence-corrected chi connectivity index (χ3v) is 16.4. The molecule has 0 amide bonds. The van der Waals surface area contributed by atoms with Gasteiger partial charge >= 0.3 is 11.9 Å². The van der Waals surface area contributed by atoms with E-state index in [4.69, 9.17) is 14.2 Å². The van der Waals surface area contributed by atoms with Crippen molar-refractivity contribution in [2.45, 2.75) is 145 Å². The van der Waals surface area contributed by atoms with Crippen LogP contribution in [0.3, 0.4) is 0 Å². The molecule has 288 valence electrons. The number of benzene rings is 2. The Bertz CT molecular complexity index is 1230. The Hall–Kier alpha value is -2.44.